The Bertz CT molecular complexity index is 454. The van der Waals surface area contributed by atoms with E-state index < -0.39 is 5.97 Å². The minimum atomic E-state index is -0.838. The smallest absolute Gasteiger partial charge is 0.303 e. The molecule has 1 heterocycles. The molecule has 1 saturated heterocycles. The first-order valence-corrected chi connectivity index (χ1v) is 6.84. The second-order valence-corrected chi connectivity index (χ2v) is 4.88. The number of benzene rings is 1. The molecule has 108 valence electrons. The van der Waals surface area contributed by atoms with Gasteiger partial charge in [-0.25, -0.2) is 0 Å². The van der Waals surface area contributed by atoms with E-state index in [-0.39, 0.29) is 18.2 Å². The van der Waals surface area contributed by atoms with Crippen molar-refractivity contribution in [1.29, 1.82) is 0 Å². The minimum Gasteiger partial charge on any atom is -0.481 e. The van der Waals surface area contributed by atoms with E-state index in [1.54, 1.807) is 4.90 Å². The molecule has 5 heteroatoms. The van der Waals surface area contributed by atoms with Gasteiger partial charge in [0.15, 0.2) is 0 Å². The number of carboxylic acid groups (broad SMARTS) is 1. The summed E-state index contributed by atoms with van der Waals surface area (Å²) >= 11 is 0. The Morgan fingerprint density at radius 1 is 1.30 bits per heavy atom. The summed E-state index contributed by atoms with van der Waals surface area (Å²) in [4.78, 5) is 24.8. The molecule has 20 heavy (non-hydrogen) atoms. The maximum atomic E-state index is 12.5. The molecular formula is C15H19NO4. The molecule has 1 aromatic rings. The molecule has 1 atom stereocenters. The van der Waals surface area contributed by atoms with Crippen molar-refractivity contribution in [2.24, 2.45) is 5.92 Å². The van der Waals surface area contributed by atoms with Gasteiger partial charge in [-0.15, -0.1) is 0 Å². The van der Waals surface area contributed by atoms with Crippen LogP contribution in [0, 0.1) is 5.92 Å². The largest absolute Gasteiger partial charge is 0.481 e. The van der Waals surface area contributed by atoms with E-state index in [1.165, 1.54) is 0 Å². The first kappa shape index (κ1) is 14.5. The summed E-state index contributed by atoms with van der Waals surface area (Å²) in [6.45, 7) is 1.50. The number of carbonyl (C=O) groups excluding carboxylic acids is 1. The summed E-state index contributed by atoms with van der Waals surface area (Å²) in [6.07, 6.45) is 1.25. The predicted octanol–water partition coefficient (Wildman–Crippen LogP) is 1.92. The standard InChI is InChI=1S/C15H19NO4/c17-14(18)7-4-9-16(13-5-2-1-3-6-13)15(19)12-8-10-20-11-12/h1-3,5-6,12H,4,7-11H2,(H,17,18). The van der Waals surface area contributed by atoms with Gasteiger partial charge in [0.25, 0.3) is 0 Å². The number of hydrogen-bond donors (Lipinski definition) is 1. The van der Waals surface area contributed by atoms with Crippen LogP contribution in [-0.2, 0) is 14.3 Å². The Kier molecular flexibility index (Phi) is 5.12. The van der Waals surface area contributed by atoms with Crippen molar-refractivity contribution >= 4 is 17.6 Å². The molecule has 0 aliphatic carbocycles. The monoisotopic (exact) mass is 277 g/mol. The van der Waals surface area contributed by atoms with Crippen molar-refractivity contribution in [3.05, 3.63) is 30.3 Å². The lowest BCUT2D eigenvalue weighted by atomic mass is 10.1. The number of hydrogen-bond acceptors (Lipinski definition) is 3. The number of nitrogens with zero attached hydrogens (tertiary/aromatic N) is 1. The van der Waals surface area contributed by atoms with Gasteiger partial charge in [-0.3, -0.25) is 9.59 Å². The fourth-order valence-electron chi connectivity index (χ4n) is 2.31. The van der Waals surface area contributed by atoms with Crippen LogP contribution in [0.15, 0.2) is 30.3 Å². The molecule has 5 nitrogen and oxygen atoms in total. The molecule has 1 amide bonds. The minimum absolute atomic E-state index is 0.0269. The molecule has 2 rings (SSSR count). The molecule has 1 aromatic carbocycles. The maximum absolute atomic E-state index is 12.5. The quantitative estimate of drug-likeness (QED) is 0.862. The zero-order valence-electron chi connectivity index (χ0n) is 11.3. The zero-order valence-corrected chi connectivity index (χ0v) is 11.3. The number of carboxylic acids is 1. The van der Waals surface area contributed by atoms with Crippen LogP contribution in [0.25, 0.3) is 0 Å². The summed E-state index contributed by atoms with van der Waals surface area (Å²) in [5.74, 6) is -0.922. The second-order valence-electron chi connectivity index (χ2n) is 4.88. The Balaban J connectivity index is 2.06. The van der Waals surface area contributed by atoms with Gasteiger partial charge in [-0.2, -0.15) is 0 Å². The highest BCUT2D eigenvalue weighted by molar-refractivity contribution is 5.95. The van der Waals surface area contributed by atoms with Crippen LogP contribution in [0.2, 0.25) is 0 Å². The molecule has 0 aromatic heterocycles. The third-order valence-electron chi connectivity index (χ3n) is 3.39. The normalized spacial score (nSPS) is 17.9. The number of para-hydroxylation sites is 1. The second kappa shape index (κ2) is 7.05. The van der Waals surface area contributed by atoms with Crippen LogP contribution in [0.3, 0.4) is 0 Å². The molecule has 0 spiro atoms. The third kappa shape index (κ3) is 3.81. The van der Waals surface area contributed by atoms with Gasteiger partial charge in [-0.05, 0) is 25.0 Å². The summed E-state index contributed by atoms with van der Waals surface area (Å²) in [7, 11) is 0. The highest BCUT2D eigenvalue weighted by Crippen LogP contribution is 2.21. The van der Waals surface area contributed by atoms with Crippen LogP contribution >= 0.6 is 0 Å². The van der Waals surface area contributed by atoms with Crippen molar-refractivity contribution in [2.45, 2.75) is 19.3 Å². The number of anilines is 1. The maximum Gasteiger partial charge on any atom is 0.303 e. The van der Waals surface area contributed by atoms with Gasteiger partial charge in [0.1, 0.15) is 0 Å². The Morgan fingerprint density at radius 3 is 2.65 bits per heavy atom. The van der Waals surface area contributed by atoms with E-state index in [9.17, 15) is 9.59 Å². The summed E-state index contributed by atoms with van der Waals surface area (Å²) in [6, 6.07) is 9.38. The van der Waals surface area contributed by atoms with Gasteiger partial charge in [0.05, 0.1) is 12.5 Å². The Hall–Kier alpha value is -1.88. The average molecular weight is 277 g/mol. The average Bonchev–Trinajstić information content (AvgIpc) is 2.98. The van der Waals surface area contributed by atoms with Crippen molar-refractivity contribution in [2.75, 3.05) is 24.7 Å². The fourth-order valence-corrected chi connectivity index (χ4v) is 2.31. The molecule has 1 aliphatic rings. The van der Waals surface area contributed by atoms with Gasteiger partial charge in [0, 0.05) is 25.3 Å². The molecule has 0 bridgehead atoms. The highest BCUT2D eigenvalue weighted by atomic mass is 16.5. The van der Waals surface area contributed by atoms with E-state index in [0.29, 0.717) is 26.2 Å². The lowest BCUT2D eigenvalue weighted by Crippen LogP contribution is -2.37. The zero-order chi connectivity index (χ0) is 14.4. The lowest BCUT2D eigenvalue weighted by molar-refractivity contribution is -0.137. The number of aliphatic carboxylic acids is 1. The van der Waals surface area contributed by atoms with E-state index in [0.717, 1.165) is 12.1 Å². The number of rotatable bonds is 6. The fraction of sp³-hybridized carbons (Fsp3) is 0.467. The SMILES string of the molecule is O=C(O)CCCN(C(=O)C1CCOC1)c1ccccc1. The number of carbonyl (C=O) groups is 2. The van der Waals surface area contributed by atoms with E-state index in [4.69, 9.17) is 9.84 Å². The molecule has 0 radical (unpaired) electrons. The summed E-state index contributed by atoms with van der Waals surface area (Å²) in [5.41, 5.74) is 0.815. The first-order chi connectivity index (χ1) is 9.68. The lowest BCUT2D eigenvalue weighted by Gasteiger charge is -2.25. The van der Waals surface area contributed by atoms with Crippen LogP contribution in [0.5, 0.6) is 0 Å². The highest BCUT2D eigenvalue weighted by Gasteiger charge is 2.28. The van der Waals surface area contributed by atoms with Crippen LogP contribution in [0.1, 0.15) is 19.3 Å². The Morgan fingerprint density at radius 2 is 2.05 bits per heavy atom. The first-order valence-electron chi connectivity index (χ1n) is 6.84. The molecular weight excluding hydrogens is 258 g/mol. The molecule has 1 N–H and O–H groups in total. The molecule has 1 unspecified atom stereocenters. The van der Waals surface area contributed by atoms with Gasteiger partial charge >= 0.3 is 5.97 Å². The van der Waals surface area contributed by atoms with Crippen molar-refractivity contribution in [3.8, 4) is 0 Å². The van der Waals surface area contributed by atoms with Gasteiger partial charge in [0.2, 0.25) is 5.91 Å². The van der Waals surface area contributed by atoms with Crippen LogP contribution in [0.4, 0.5) is 5.69 Å². The molecule has 1 fully saturated rings. The molecule has 1 aliphatic heterocycles. The predicted molar refractivity (Wildman–Crippen MR) is 74.6 cm³/mol. The van der Waals surface area contributed by atoms with Gasteiger partial charge < -0.3 is 14.7 Å². The topological polar surface area (TPSA) is 66.8 Å². The van der Waals surface area contributed by atoms with Crippen molar-refractivity contribution in [1.82, 2.24) is 0 Å². The van der Waals surface area contributed by atoms with E-state index in [2.05, 4.69) is 0 Å². The van der Waals surface area contributed by atoms with Crippen LogP contribution in [-0.4, -0.2) is 36.7 Å². The van der Waals surface area contributed by atoms with Crippen molar-refractivity contribution in [3.63, 3.8) is 0 Å². The summed E-state index contributed by atoms with van der Waals surface area (Å²) < 4.78 is 5.27. The Labute approximate surface area is 118 Å². The van der Waals surface area contributed by atoms with Crippen LogP contribution < -0.4 is 4.90 Å². The number of ether oxygens (including phenoxy) is 1. The van der Waals surface area contributed by atoms with Gasteiger partial charge in [-0.1, -0.05) is 18.2 Å². The number of amides is 1. The third-order valence-corrected chi connectivity index (χ3v) is 3.39. The van der Waals surface area contributed by atoms with Crippen molar-refractivity contribution < 1.29 is 19.4 Å². The summed E-state index contributed by atoms with van der Waals surface area (Å²) in [5, 5.41) is 8.72. The molecule has 0 saturated carbocycles. The van der Waals surface area contributed by atoms with E-state index >= 15 is 0 Å². The van der Waals surface area contributed by atoms with E-state index in [1.807, 2.05) is 30.3 Å².